The number of H-pyrrole nitrogens is 1. The first-order valence-corrected chi connectivity index (χ1v) is 6.23. The van der Waals surface area contributed by atoms with Crippen molar-refractivity contribution in [2.75, 3.05) is 0 Å². The molecule has 0 amide bonds. The number of alkyl halides is 3. The molecule has 1 N–H and O–H groups in total. The number of aromatic amines is 1. The number of halogens is 5. The first kappa shape index (κ1) is 16.4. The van der Waals surface area contributed by atoms with Gasteiger partial charge < -0.3 is 4.98 Å². The second kappa shape index (κ2) is 6.01. The summed E-state index contributed by atoms with van der Waals surface area (Å²) in [7, 11) is 0. The van der Waals surface area contributed by atoms with Crippen LogP contribution in [0.3, 0.4) is 0 Å². The summed E-state index contributed by atoms with van der Waals surface area (Å²) in [5.74, 6) is -0.362. The van der Waals surface area contributed by atoms with Crippen LogP contribution < -0.4 is 0 Å². The van der Waals surface area contributed by atoms with Crippen molar-refractivity contribution in [2.24, 2.45) is 0 Å². The van der Waals surface area contributed by atoms with Gasteiger partial charge in [-0.1, -0.05) is 24.3 Å². The molecule has 0 saturated heterocycles. The molecule has 22 heavy (non-hydrogen) atoms. The zero-order valence-corrected chi connectivity index (χ0v) is 11.9. The summed E-state index contributed by atoms with van der Waals surface area (Å²) in [5, 5.41) is 0.690. The van der Waals surface area contributed by atoms with Gasteiger partial charge in [-0.25, -0.2) is 4.39 Å². The van der Waals surface area contributed by atoms with Gasteiger partial charge in [0.1, 0.15) is 5.82 Å². The third-order valence-electron chi connectivity index (χ3n) is 3.26. The number of hydrogen-bond donors (Lipinski definition) is 1. The highest BCUT2D eigenvalue weighted by Crippen LogP contribution is 2.30. The van der Waals surface area contributed by atoms with Crippen molar-refractivity contribution in [1.82, 2.24) is 4.98 Å². The molecule has 0 aliphatic rings. The third-order valence-corrected chi connectivity index (χ3v) is 3.26. The molecule has 0 unspecified atom stereocenters. The highest BCUT2D eigenvalue weighted by molar-refractivity contribution is 5.86. The molecule has 0 aliphatic carbocycles. The van der Waals surface area contributed by atoms with Gasteiger partial charge in [-0.3, -0.25) is 0 Å². The normalized spacial score (nSPS) is 11.5. The fraction of sp³-hybridized carbons (Fsp3) is 0.0625. The minimum Gasteiger partial charge on any atom is -0.358 e. The average Bonchev–Trinajstić information content (AvgIpc) is 2.83. The summed E-state index contributed by atoms with van der Waals surface area (Å²) < 4.78 is 51.0. The second-order valence-electron chi connectivity index (χ2n) is 4.67. The van der Waals surface area contributed by atoms with Crippen molar-refractivity contribution in [1.29, 1.82) is 0 Å². The first-order chi connectivity index (χ1) is 9.95. The number of benzene rings is 2. The molecule has 0 aliphatic heterocycles. The Labute approximate surface area is 130 Å². The van der Waals surface area contributed by atoms with Crippen molar-refractivity contribution in [2.45, 2.75) is 6.18 Å². The Hall–Kier alpha value is -2.01. The van der Waals surface area contributed by atoms with Crippen LogP contribution in [0.1, 0.15) is 16.7 Å². The summed E-state index contributed by atoms with van der Waals surface area (Å²) in [4.78, 5) is 2.83. The largest absolute Gasteiger partial charge is 0.416 e. The van der Waals surface area contributed by atoms with Gasteiger partial charge in [0.15, 0.2) is 0 Å². The van der Waals surface area contributed by atoms with E-state index in [1.807, 2.05) is 0 Å². The fourth-order valence-corrected chi connectivity index (χ4v) is 2.21. The highest BCUT2D eigenvalue weighted by atomic mass is 35.5. The van der Waals surface area contributed by atoms with Gasteiger partial charge >= 0.3 is 6.18 Å². The van der Waals surface area contributed by atoms with E-state index < -0.39 is 11.7 Å². The predicted octanol–water partition coefficient (Wildman–Crippen LogP) is 5.35. The number of nitrogens with one attached hydrogen (secondary N) is 1. The van der Waals surface area contributed by atoms with Crippen molar-refractivity contribution >= 4 is 23.3 Å². The Balaban J connectivity index is 0.00000176. The molecular formula is C16H11ClF4N. The van der Waals surface area contributed by atoms with E-state index in [2.05, 4.69) is 4.98 Å². The summed E-state index contributed by atoms with van der Waals surface area (Å²) in [6.45, 7) is 0. The summed E-state index contributed by atoms with van der Waals surface area (Å²) in [6, 6.07) is 9.53. The van der Waals surface area contributed by atoms with Gasteiger partial charge in [0.2, 0.25) is 0 Å². The van der Waals surface area contributed by atoms with E-state index in [1.54, 1.807) is 24.8 Å². The van der Waals surface area contributed by atoms with Crippen molar-refractivity contribution in [3.05, 3.63) is 77.6 Å². The van der Waals surface area contributed by atoms with E-state index >= 15 is 0 Å². The van der Waals surface area contributed by atoms with E-state index in [4.69, 9.17) is 0 Å². The van der Waals surface area contributed by atoms with Crippen molar-refractivity contribution in [3.63, 3.8) is 0 Å². The molecule has 2 aromatic carbocycles. The minimum absolute atomic E-state index is 0. The zero-order valence-electron chi connectivity index (χ0n) is 11.1. The molecule has 1 heterocycles. The summed E-state index contributed by atoms with van der Waals surface area (Å²) in [6.07, 6.45) is -1.01. The molecule has 0 spiro atoms. The van der Waals surface area contributed by atoms with E-state index in [0.29, 0.717) is 16.5 Å². The van der Waals surface area contributed by atoms with Gasteiger partial charge in [0.25, 0.3) is 0 Å². The van der Waals surface area contributed by atoms with Gasteiger partial charge in [-0.2, -0.15) is 13.2 Å². The Kier molecular flexibility index (Phi) is 4.47. The monoisotopic (exact) mass is 328 g/mol. The molecule has 0 atom stereocenters. The van der Waals surface area contributed by atoms with E-state index in [9.17, 15) is 17.6 Å². The molecule has 3 aromatic rings. The molecule has 0 fully saturated rings. The average molecular weight is 329 g/mol. The zero-order chi connectivity index (χ0) is 15.0. The lowest BCUT2D eigenvalue weighted by molar-refractivity contribution is -0.137. The number of fused-ring (bicyclic) bond motifs is 1. The molecule has 1 nitrogen and oxygen atoms in total. The molecular weight excluding hydrogens is 318 g/mol. The summed E-state index contributed by atoms with van der Waals surface area (Å²) >= 11 is 0. The van der Waals surface area contributed by atoms with Crippen LogP contribution in [0.15, 0.2) is 48.7 Å². The third kappa shape index (κ3) is 3.09. The van der Waals surface area contributed by atoms with Crippen LogP contribution in [0.5, 0.6) is 0 Å². The lowest BCUT2D eigenvalue weighted by Gasteiger charge is -2.07. The molecule has 6 heteroatoms. The Morgan fingerprint density at radius 1 is 0.955 bits per heavy atom. The minimum atomic E-state index is -4.34. The molecule has 1 aromatic heterocycles. The molecule has 3 rings (SSSR count). The van der Waals surface area contributed by atoms with Crippen LogP contribution in [0.2, 0.25) is 0 Å². The fourth-order valence-electron chi connectivity index (χ4n) is 2.21. The SMILES string of the molecule is Cl.Fc1cccc2c([CH]c3ccc(C(F)(F)F)cc3)c[nH]c12. The standard InChI is InChI=1S/C16H10F4N.ClH/c17-14-3-1-2-13-11(9-21-15(13)14)8-10-4-6-12(7-5-10)16(18,19)20;/h1-9,21H;1H. The van der Waals surface area contributed by atoms with Gasteiger partial charge in [-0.05, 0) is 29.3 Å². The topological polar surface area (TPSA) is 15.8 Å². The number of aromatic nitrogens is 1. The Morgan fingerprint density at radius 2 is 1.64 bits per heavy atom. The number of para-hydroxylation sites is 1. The maximum atomic E-state index is 13.6. The lowest BCUT2D eigenvalue weighted by atomic mass is 10.0. The van der Waals surface area contributed by atoms with Gasteiger partial charge in [-0.15, -0.1) is 12.4 Å². The van der Waals surface area contributed by atoms with Crippen molar-refractivity contribution < 1.29 is 17.6 Å². The molecule has 0 saturated carbocycles. The van der Waals surface area contributed by atoms with Crippen LogP contribution in [-0.4, -0.2) is 4.98 Å². The van der Waals surface area contributed by atoms with Crippen LogP contribution in [0.25, 0.3) is 10.9 Å². The molecule has 115 valence electrons. The Morgan fingerprint density at radius 3 is 2.27 bits per heavy atom. The summed E-state index contributed by atoms with van der Waals surface area (Å²) in [5.41, 5.74) is 1.04. The predicted molar refractivity (Wildman–Crippen MR) is 79.5 cm³/mol. The quantitative estimate of drug-likeness (QED) is 0.610. The van der Waals surface area contributed by atoms with Gasteiger partial charge in [0.05, 0.1) is 11.1 Å². The van der Waals surface area contributed by atoms with Crippen molar-refractivity contribution in [3.8, 4) is 0 Å². The Bertz CT molecular complexity index is 775. The van der Waals surface area contributed by atoms with Crippen LogP contribution in [-0.2, 0) is 6.18 Å². The first-order valence-electron chi connectivity index (χ1n) is 6.23. The number of hydrogen-bond acceptors (Lipinski definition) is 0. The molecule has 1 radical (unpaired) electrons. The highest BCUT2D eigenvalue weighted by Gasteiger charge is 2.29. The van der Waals surface area contributed by atoms with Crippen LogP contribution in [0.4, 0.5) is 17.6 Å². The number of rotatable bonds is 2. The van der Waals surface area contributed by atoms with Crippen LogP contribution in [0, 0.1) is 12.2 Å². The lowest BCUT2D eigenvalue weighted by Crippen LogP contribution is -2.04. The van der Waals surface area contributed by atoms with E-state index in [0.717, 1.165) is 17.7 Å². The van der Waals surface area contributed by atoms with Gasteiger partial charge in [0, 0.05) is 18.0 Å². The van der Waals surface area contributed by atoms with E-state index in [1.165, 1.54) is 18.2 Å². The van der Waals surface area contributed by atoms with Crippen LogP contribution >= 0.6 is 12.4 Å². The second-order valence-corrected chi connectivity index (χ2v) is 4.67. The van der Waals surface area contributed by atoms with E-state index in [-0.39, 0.29) is 18.2 Å². The maximum absolute atomic E-state index is 13.6. The smallest absolute Gasteiger partial charge is 0.358 e. The molecule has 0 bridgehead atoms. The maximum Gasteiger partial charge on any atom is 0.416 e.